The maximum absolute atomic E-state index is 6.19. The molecule has 0 aromatic heterocycles. The van der Waals surface area contributed by atoms with Crippen molar-refractivity contribution in [3.63, 3.8) is 0 Å². The second-order valence-corrected chi connectivity index (χ2v) is 4.67. The first-order valence-corrected chi connectivity index (χ1v) is 6.16. The van der Waals surface area contributed by atoms with Crippen molar-refractivity contribution < 1.29 is 9.47 Å². The summed E-state index contributed by atoms with van der Waals surface area (Å²) < 4.78 is 10.9. The molecule has 0 radical (unpaired) electrons. The van der Waals surface area contributed by atoms with Crippen LogP contribution in [0.3, 0.4) is 0 Å². The molecule has 0 aliphatic heterocycles. The Labute approximate surface area is 118 Å². The molecule has 1 aliphatic carbocycles. The highest BCUT2D eigenvalue weighted by Gasteiger charge is 2.41. The minimum Gasteiger partial charge on any atom is -0.495 e. The third-order valence-corrected chi connectivity index (χ3v) is 3.58. The largest absolute Gasteiger partial charge is 0.495 e. The van der Waals surface area contributed by atoms with Crippen molar-refractivity contribution in [2.75, 3.05) is 25.7 Å². The fourth-order valence-electron chi connectivity index (χ4n) is 2.51. The Hall–Kier alpha value is -2.18. The van der Waals surface area contributed by atoms with Gasteiger partial charge < -0.3 is 32.4 Å². The number of hydrogen-bond acceptors (Lipinski definition) is 6. The molecule has 0 saturated heterocycles. The van der Waals surface area contributed by atoms with Crippen molar-refractivity contribution in [1.29, 1.82) is 0 Å². The molecule has 0 heterocycles. The minimum atomic E-state index is -0.967. The van der Waals surface area contributed by atoms with E-state index >= 15 is 0 Å². The van der Waals surface area contributed by atoms with Crippen molar-refractivity contribution in [3.05, 3.63) is 41.6 Å². The highest BCUT2D eigenvalue weighted by atomic mass is 16.5. The van der Waals surface area contributed by atoms with Crippen LogP contribution in [0, 0.1) is 0 Å². The summed E-state index contributed by atoms with van der Waals surface area (Å²) in [7, 11) is 3.09. The Balaban J connectivity index is 2.67. The summed E-state index contributed by atoms with van der Waals surface area (Å²) in [5.74, 6) is 0.522. The molecule has 20 heavy (non-hydrogen) atoms. The van der Waals surface area contributed by atoms with Gasteiger partial charge >= 0.3 is 0 Å². The Kier molecular flexibility index (Phi) is 3.61. The summed E-state index contributed by atoms with van der Waals surface area (Å²) in [5, 5.41) is 0. The van der Waals surface area contributed by atoms with Crippen LogP contribution in [0.1, 0.15) is 5.56 Å². The van der Waals surface area contributed by atoms with Crippen molar-refractivity contribution >= 4 is 11.4 Å². The predicted octanol–water partition coefficient (Wildman–Crippen LogP) is 0.441. The smallest absolute Gasteiger partial charge is 0.142 e. The van der Waals surface area contributed by atoms with E-state index in [-0.39, 0.29) is 0 Å². The van der Waals surface area contributed by atoms with Gasteiger partial charge in [-0.25, -0.2) is 0 Å². The van der Waals surface area contributed by atoms with E-state index in [0.717, 1.165) is 0 Å². The molecule has 6 nitrogen and oxygen atoms in total. The van der Waals surface area contributed by atoms with E-state index in [4.69, 9.17) is 32.4 Å². The monoisotopic (exact) mass is 276 g/mol. The van der Waals surface area contributed by atoms with Crippen LogP contribution in [-0.2, 0) is 10.3 Å². The molecule has 0 spiro atoms. The summed E-state index contributed by atoms with van der Waals surface area (Å²) in [4.78, 5) is 0. The maximum atomic E-state index is 6.19. The predicted molar refractivity (Wildman–Crippen MR) is 79.9 cm³/mol. The summed E-state index contributed by atoms with van der Waals surface area (Å²) in [6.07, 6.45) is 5.21. The molecule has 1 aliphatic rings. The number of nitrogens with two attached hydrogens (primary N) is 4. The number of benzene rings is 1. The van der Waals surface area contributed by atoms with Gasteiger partial charge in [0.1, 0.15) is 11.4 Å². The SMILES string of the molecule is COc1ccc(N)c(C2(OC)C=CC(N)=CC2N)c1N. The first kappa shape index (κ1) is 14.2. The molecule has 0 fully saturated rings. The molecular formula is C14H20N4O2. The number of methoxy groups -OCH3 is 2. The third-order valence-electron chi connectivity index (χ3n) is 3.58. The van der Waals surface area contributed by atoms with Gasteiger partial charge in [-0.1, -0.05) is 0 Å². The van der Waals surface area contributed by atoms with Gasteiger partial charge in [-0.2, -0.15) is 0 Å². The zero-order chi connectivity index (χ0) is 14.9. The van der Waals surface area contributed by atoms with Gasteiger partial charge in [-0.3, -0.25) is 0 Å². The summed E-state index contributed by atoms with van der Waals surface area (Å²) in [6.45, 7) is 0. The Bertz CT molecular complexity index is 583. The second-order valence-electron chi connectivity index (χ2n) is 4.67. The van der Waals surface area contributed by atoms with Crippen LogP contribution < -0.4 is 27.7 Å². The van der Waals surface area contributed by atoms with Gasteiger partial charge in [0.2, 0.25) is 0 Å². The van der Waals surface area contributed by atoms with Crippen molar-refractivity contribution in [2.24, 2.45) is 11.5 Å². The molecule has 1 aromatic rings. The lowest BCUT2D eigenvalue weighted by molar-refractivity contribution is 0.0180. The van der Waals surface area contributed by atoms with Crippen LogP contribution in [0.4, 0.5) is 11.4 Å². The number of ether oxygens (including phenoxy) is 2. The molecule has 0 saturated carbocycles. The second kappa shape index (κ2) is 5.07. The fraction of sp³-hybridized carbons (Fsp3) is 0.286. The number of rotatable bonds is 3. The average molecular weight is 276 g/mol. The van der Waals surface area contributed by atoms with E-state index in [9.17, 15) is 0 Å². The van der Waals surface area contributed by atoms with Crippen LogP contribution in [0.2, 0.25) is 0 Å². The van der Waals surface area contributed by atoms with Crippen LogP contribution in [0.15, 0.2) is 36.1 Å². The zero-order valence-electron chi connectivity index (χ0n) is 11.6. The van der Waals surface area contributed by atoms with Crippen molar-refractivity contribution in [1.82, 2.24) is 0 Å². The lowest BCUT2D eigenvalue weighted by atomic mass is 9.81. The number of anilines is 2. The van der Waals surface area contributed by atoms with E-state index in [0.29, 0.717) is 28.4 Å². The molecule has 2 unspecified atom stereocenters. The summed E-state index contributed by atoms with van der Waals surface area (Å²) >= 11 is 0. The Morgan fingerprint density at radius 3 is 2.40 bits per heavy atom. The van der Waals surface area contributed by atoms with E-state index in [2.05, 4.69) is 0 Å². The van der Waals surface area contributed by atoms with Gasteiger partial charge in [0, 0.05) is 24.1 Å². The van der Waals surface area contributed by atoms with E-state index in [1.165, 1.54) is 0 Å². The lowest BCUT2D eigenvalue weighted by Gasteiger charge is -2.38. The van der Waals surface area contributed by atoms with Gasteiger partial charge in [-0.15, -0.1) is 0 Å². The van der Waals surface area contributed by atoms with Crippen LogP contribution in [-0.4, -0.2) is 20.3 Å². The quantitative estimate of drug-likeness (QED) is 0.594. The number of hydrogen-bond donors (Lipinski definition) is 4. The zero-order valence-corrected chi connectivity index (χ0v) is 11.6. The topological polar surface area (TPSA) is 123 Å². The molecule has 1 aromatic carbocycles. The molecule has 8 N–H and O–H groups in total. The highest BCUT2D eigenvalue weighted by molar-refractivity contribution is 5.72. The minimum absolute atomic E-state index is 0.406. The molecule has 108 valence electrons. The van der Waals surface area contributed by atoms with Crippen LogP contribution >= 0.6 is 0 Å². The van der Waals surface area contributed by atoms with Gasteiger partial charge in [0.15, 0.2) is 0 Å². The molecule has 0 amide bonds. The molecule has 0 bridgehead atoms. The van der Waals surface area contributed by atoms with Gasteiger partial charge in [0.05, 0.1) is 18.8 Å². The van der Waals surface area contributed by atoms with Crippen LogP contribution in [0.5, 0.6) is 5.75 Å². The standard InChI is InChI=1S/C14H20N4O2/c1-19-10-4-3-9(16)12(13(10)18)14(20-2)6-5-8(15)7-11(14)17/h3-7,11H,15-18H2,1-2H3. The first-order chi connectivity index (χ1) is 9.46. The lowest BCUT2D eigenvalue weighted by Crippen LogP contribution is -2.47. The Morgan fingerprint density at radius 2 is 1.85 bits per heavy atom. The molecule has 6 heteroatoms. The van der Waals surface area contributed by atoms with E-state index in [1.807, 2.05) is 0 Å². The number of nitrogen functional groups attached to an aromatic ring is 2. The highest BCUT2D eigenvalue weighted by Crippen LogP contribution is 2.43. The summed E-state index contributed by atoms with van der Waals surface area (Å²) in [6, 6.07) is 2.92. The normalized spacial score (nSPS) is 25.4. The van der Waals surface area contributed by atoms with Crippen molar-refractivity contribution in [3.8, 4) is 5.75 Å². The average Bonchev–Trinajstić information content (AvgIpc) is 2.41. The molecular weight excluding hydrogens is 256 g/mol. The Morgan fingerprint density at radius 1 is 1.15 bits per heavy atom. The van der Waals surface area contributed by atoms with E-state index in [1.54, 1.807) is 44.6 Å². The van der Waals surface area contributed by atoms with Crippen molar-refractivity contribution in [2.45, 2.75) is 11.6 Å². The van der Waals surface area contributed by atoms with Crippen LogP contribution in [0.25, 0.3) is 0 Å². The molecule has 2 rings (SSSR count). The summed E-state index contributed by atoms with van der Waals surface area (Å²) in [5.41, 5.74) is 25.3. The maximum Gasteiger partial charge on any atom is 0.142 e. The van der Waals surface area contributed by atoms with E-state index < -0.39 is 11.6 Å². The fourth-order valence-corrected chi connectivity index (χ4v) is 2.51. The number of allylic oxidation sites excluding steroid dienone is 1. The first-order valence-electron chi connectivity index (χ1n) is 6.16. The third kappa shape index (κ3) is 1.99. The van der Waals surface area contributed by atoms with Gasteiger partial charge in [-0.05, 0) is 30.4 Å². The van der Waals surface area contributed by atoms with Gasteiger partial charge in [0.25, 0.3) is 0 Å². The molecule has 2 atom stereocenters.